The molecule has 0 aliphatic carbocycles. The summed E-state index contributed by atoms with van der Waals surface area (Å²) in [7, 11) is 1.57. The van der Waals surface area contributed by atoms with E-state index in [1.54, 1.807) is 50.7 Å². The summed E-state index contributed by atoms with van der Waals surface area (Å²) >= 11 is 0. The highest BCUT2D eigenvalue weighted by molar-refractivity contribution is 6.07. The fourth-order valence-corrected chi connectivity index (χ4v) is 5.42. The zero-order chi connectivity index (χ0) is 36.7. The van der Waals surface area contributed by atoms with Gasteiger partial charge in [0, 0.05) is 26.1 Å². The van der Waals surface area contributed by atoms with Gasteiger partial charge in [-0.25, -0.2) is 14.2 Å². The number of carboxylic acid groups (broad SMARTS) is 1. The molecule has 0 saturated heterocycles. The zero-order valence-corrected chi connectivity index (χ0v) is 29.9. The molecule has 3 aromatic rings. The molecule has 0 unspecified atom stereocenters. The third kappa shape index (κ3) is 9.85. The highest BCUT2D eigenvalue weighted by Gasteiger charge is 2.34. The Morgan fingerprint density at radius 3 is 2.38 bits per heavy atom. The molecule has 1 aromatic heterocycles. The summed E-state index contributed by atoms with van der Waals surface area (Å²) in [4.78, 5) is 45.1. The lowest BCUT2D eigenvalue weighted by atomic mass is 10.0. The minimum atomic E-state index is -1.30. The molecule has 2 N–H and O–H groups in total. The largest absolute Gasteiger partial charge is 0.596 e. The van der Waals surface area contributed by atoms with E-state index in [1.807, 2.05) is 27.7 Å². The number of benzene rings is 2. The van der Waals surface area contributed by atoms with Crippen molar-refractivity contribution in [3.8, 4) is 11.5 Å². The first-order chi connectivity index (χ1) is 23.6. The molecule has 0 bridgehead atoms. The number of aromatic carboxylic acids is 1. The predicted octanol–water partition coefficient (Wildman–Crippen LogP) is 5.97. The monoisotopic (exact) mass is 693 g/mol. The third-order valence-corrected chi connectivity index (χ3v) is 8.07. The SMILES string of the molecule is COCCOc1cnc(NC(=O)c2cc(C(=O)O)c(O[C@H](CN3CC[N+](C(=O)OC(C)(C)C)=C(C)C3)c3ccc(C)c(F)c3)cc2C)c(C)c1. The van der Waals surface area contributed by atoms with Crippen molar-refractivity contribution >= 4 is 29.5 Å². The van der Waals surface area contributed by atoms with Crippen LogP contribution in [0.15, 0.2) is 42.6 Å². The van der Waals surface area contributed by atoms with Crippen LogP contribution in [0.3, 0.4) is 0 Å². The van der Waals surface area contributed by atoms with Crippen molar-refractivity contribution in [3.63, 3.8) is 0 Å². The maximum Gasteiger partial charge on any atom is 0.596 e. The molecule has 13 heteroatoms. The van der Waals surface area contributed by atoms with Gasteiger partial charge in [-0.3, -0.25) is 9.69 Å². The Hall–Kier alpha value is -4.88. The molecule has 1 atom stereocenters. The van der Waals surface area contributed by atoms with Crippen LogP contribution in [0.1, 0.15) is 76.8 Å². The van der Waals surface area contributed by atoms with Gasteiger partial charge in [0.25, 0.3) is 5.91 Å². The Morgan fingerprint density at radius 2 is 1.76 bits per heavy atom. The smallest absolute Gasteiger partial charge is 0.490 e. The average Bonchev–Trinajstić information content (AvgIpc) is 3.02. The van der Waals surface area contributed by atoms with Crippen molar-refractivity contribution in [1.29, 1.82) is 0 Å². The van der Waals surface area contributed by atoms with E-state index in [-0.39, 0.29) is 23.4 Å². The van der Waals surface area contributed by atoms with Crippen LogP contribution in [0, 0.1) is 26.6 Å². The first-order valence-corrected chi connectivity index (χ1v) is 16.3. The highest BCUT2D eigenvalue weighted by atomic mass is 19.1. The minimum absolute atomic E-state index is 0.0255. The van der Waals surface area contributed by atoms with Crippen LogP contribution in [0.4, 0.5) is 15.0 Å². The number of halogens is 1. The number of carboxylic acids is 1. The van der Waals surface area contributed by atoms with Crippen LogP contribution in [0.5, 0.6) is 11.5 Å². The van der Waals surface area contributed by atoms with E-state index in [1.165, 1.54) is 24.4 Å². The lowest BCUT2D eigenvalue weighted by Gasteiger charge is -2.30. The van der Waals surface area contributed by atoms with E-state index in [0.29, 0.717) is 66.7 Å². The maximum absolute atomic E-state index is 14.8. The van der Waals surface area contributed by atoms with Gasteiger partial charge in [0.2, 0.25) is 0 Å². The second kappa shape index (κ2) is 16.2. The lowest BCUT2D eigenvalue weighted by Crippen LogP contribution is -2.48. The molecule has 268 valence electrons. The second-order valence-electron chi connectivity index (χ2n) is 13.3. The molecule has 0 radical (unpaired) electrons. The number of nitrogens with one attached hydrogen (secondary N) is 1. The van der Waals surface area contributed by atoms with Gasteiger partial charge in [-0.15, -0.1) is 4.58 Å². The Bertz CT molecular complexity index is 1790. The quantitative estimate of drug-likeness (QED) is 0.172. The summed E-state index contributed by atoms with van der Waals surface area (Å²) in [6.45, 7) is 14.6. The minimum Gasteiger partial charge on any atom is -0.490 e. The normalized spacial score (nSPS) is 14.3. The molecule has 4 rings (SSSR count). The number of carbonyl (C=O) groups excluding carboxylic acids is 2. The summed E-state index contributed by atoms with van der Waals surface area (Å²) < 4.78 is 38.9. The van der Waals surface area contributed by atoms with Crippen LogP contribution in [-0.2, 0) is 9.47 Å². The number of carbonyl (C=O) groups is 3. The van der Waals surface area contributed by atoms with E-state index in [2.05, 4.69) is 15.2 Å². The number of amides is 2. The molecular formula is C37H46FN4O8+. The van der Waals surface area contributed by atoms with Crippen molar-refractivity contribution in [2.75, 3.05) is 51.8 Å². The number of aryl methyl sites for hydroxylation is 3. The van der Waals surface area contributed by atoms with Crippen LogP contribution in [0.25, 0.3) is 0 Å². The molecule has 1 aliphatic rings. The third-order valence-electron chi connectivity index (χ3n) is 8.07. The highest BCUT2D eigenvalue weighted by Crippen LogP contribution is 2.31. The van der Waals surface area contributed by atoms with Gasteiger partial charge < -0.3 is 29.4 Å². The Labute approximate surface area is 291 Å². The van der Waals surface area contributed by atoms with Gasteiger partial charge >= 0.3 is 12.1 Å². The average molecular weight is 694 g/mol. The van der Waals surface area contributed by atoms with Crippen LogP contribution in [-0.4, -0.2) is 95.4 Å². The predicted molar refractivity (Wildman–Crippen MR) is 185 cm³/mol. The standard InChI is InChI=1S/C37H45FN4O8/c1-22-9-10-26(17-30(22)38)32(21-41-11-12-42(25(4)20-41)36(46)50-37(5,6)7)49-31-16-23(2)28(18-29(31)35(44)45)34(43)40-33-24(3)15-27(19-39-33)48-14-13-47-8/h9-10,15-19,32H,11-14,20-21H2,1-8H3,(H-,39,40,43,44,45)/p+1/t32-/m1/s1. The number of pyridine rings is 1. The fraction of sp³-hybridized carbons (Fsp3) is 0.432. The molecule has 0 saturated carbocycles. The number of nitrogens with zero attached hydrogens (tertiary/aromatic N) is 3. The molecule has 2 aromatic carbocycles. The van der Waals surface area contributed by atoms with Gasteiger partial charge in [-0.05, 0) is 88.1 Å². The topological polar surface area (TPSA) is 140 Å². The maximum atomic E-state index is 14.8. The molecule has 2 amide bonds. The lowest BCUT2D eigenvalue weighted by molar-refractivity contribution is -0.458. The summed E-state index contributed by atoms with van der Waals surface area (Å²) in [5, 5.41) is 13.0. The summed E-state index contributed by atoms with van der Waals surface area (Å²) in [6.07, 6.45) is 0.262. The number of rotatable bonds is 12. The fourth-order valence-electron chi connectivity index (χ4n) is 5.42. The van der Waals surface area contributed by atoms with Gasteiger partial charge in [-0.2, -0.15) is 4.79 Å². The number of ether oxygens (including phenoxy) is 4. The second-order valence-corrected chi connectivity index (χ2v) is 13.3. The first-order valence-electron chi connectivity index (χ1n) is 16.3. The number of anilines is 1. The molecule has 0 spiro atoms. The number of hydrogen-bond acceptors (Lipinski definition) is 9. The van der Waals surface area contributed by atoms with E-state index in [0.717, 1.165) is 5.71 Å². The molecule has 1 aliphatic heterocycles. The number of hydrogen-bond donors (Lipinski definition) is 2. The van der Waals surface area contributed by atoms with E-state index in [9.17, 15) is 23.9 Å². The van der Waals surface area contributed by atoms with Crippen molar-refractivity contribution in [1.82, 2.24) is 9.88 Å². The van der Waals surface area contributed by atoms with E-state index < -0.39 is 35.5 Å². The van der Waals surface area contributed by atoms with Crippen LogP contribution >= 0.6 is 0 Å². The van der Waals surface area contributed by atoms with Crippen LogP contribution < -0.4 is 14.8 Å². The Balaban J connectivity index is 1.60. The molecular weight excluding hydrogens is 647 g/mol. The van der Waals surface area contributed by atoms with Crippen LogP contribution in [0.2, 0.25) is 0 Å². The van der Waals surface area contributed by atoms with Gasteiger partial charge in [0.15, 0.2) is 12.3 Å². The molecule has 50 heavy (non-hydrogen) atoms. The summed E-state index contributed by atoms with van der Waals surface area (Å²) in [5.41, 5.74) is 2.10. The molecule has 0 fully saturated rings. The Kier molecular flexibility index (Phi) is 12.3. The van der Waals surface area contributed by atoms with Crippen molar-refractivity contribution < 1.29 is 47.4 Å². The van der Waals surface area contributed by atoms with Crippen molar-refractivity contribution in [2.45, 2.75) is 60.2 Å². The Morgan fingerprint density at radius 1 is 1.02 bits per heavy atom. The van der Waals surface area contributed by atoms with Gasteiger partial charge in [0.05, 0.1) is 25.9 Å². The van der Waals surface area contributed by atoms with E-state index in [4.69, 9.17) is 18.9 Å². The van der Waals surface area contributed by atoms with Gasteiger partial charge in [-0.1, -0.05) is 12.1 Å². The van der Waals surface area contributed by atoms with Gasteiger partial charge in [0.1, 0.15) is 47.0 Å². The summed E-state index contributed by atoms with van der Waals surface area (Å²) in [6, 6.07) is 9.27. The summed E-state index contributed by atoms with van der Waals surface area (Å²) in [5.74, 6) is -1.43. The number of methoxy groups -OCH3 is 1. The molecule has 12 nitrogen and oxygen atoms in total. The van der Waals surface area contributed by atoms with Crippen molar-refractivity contribution in [2.24, 2.45) is 0 Å². The van der Waals surface area contributed by atoms with Crippen molar-refractivity contribution in [3.05, 3.63) is 81.8 Å². The van der Waals surface area contributed by atoms with E-state index >= 15 is 0 Å². The molecule has 2 heterocycles. The number of aromatic nitrogens is 1. The zero-order valence-electron chi connectivity index (χ0n) is 29.9. The first kappa shape index (κ1) is 37.9.